The summed E-state index contributed by atoms with van der Waals surface area (Å²) in [4.78, 5) is 2.25. The van der Waals surface area contributed by atoms with E-state index in [9.17, 15) is 0 Å². The Morgan fingerprint density at radius 1 is 1.13 bits per heavy atom. The van der Waals surface area contributed by atoms with Crippen molar-refractivity contribution in [1.29, 1.82) is 0 Å². The maximum Gasteiger partial charge on any atom is 0.0589 e. The summed E-state index contributed by atoms with van der Waals surface area (Å²) in [6.07, 6.45) is 3.20. The lowest BCUT2D eigenvalue weighted by atomic mass is 10.2. The molecule has 0 aromatic rings. The fraction of sp³-hybridized carbons (Fsp3) is 1.00. The van der Waals surface area contributed by atoms with Crippen LogP contribution < -0.4 is 5.32 Å². The molecule has 0 amide bonds. The SMILES string of the molecule is COCCN(C)CCNCCCCCO. The van der Waals surface area contributed by atoms with Crippen LogP contribution in [0, 0.1) is 0 Å². The van der Waals surface area contributed by atoms with Crippen molar-refractivity contribution < 1.29 is 9.84 Å². The van der Waals surface area contributed by atoms with Gasteiger partial charge in [-0.05, 0) is 32.9 Å². The van der Waals surface area contributed by atoms with Crippen LogP contribution in [0.1, 0.15) is 19.3 Å². The first-order valence-corrected chi connectivity index (χ1v) is 5.80. The molecule has 0 rings (SSSR count). The van der Waals surface area contributed by atoms with E-state index in [0.717, 1.165) is 52.0 Å². The Balaban J connectivity index is 3.02. The monoisotopic (exact) mass is 218 g/mol. The molecular weight excluding hydrogens is 192 g/mol. The molecule has 0 aliphatic heterocycles. The van der Waals surface area contributed by atoms with Crippen molar-refractivity contribution in [3.8, 4) is 0 Å². The number of unbranched alkanes of at least 4 members (excludes halogenated alkanes) is 2. The minimum Gasteiger partial charge on any atom is -0.396 e. The number of nitrogens with zero attached hydrogens (tertiary/aromatic N) is 1. The molecule has 0 aromatic carbocycles. The first-order chi connectivity index (χ1) is 7.31. The number of rotatable bonds is 11. The zero-order valence-electron chi connectivity index (χ0n) is 10.2. The van der Waals surface area contributed by atoms with Crippen LogP contribution in [0.15, 0.2) is 0 Å². The standard InChI is InChI=1S/C11H26N2O2/c1-13(9-11-15-2)8-7-12-6-4-3-5-10-14/h12,14H,3-11H2,1-2H3. The second-order valence-corrected chi connectivity index (χ2v) is 3.83. The predicted molar refractivity (Wildman–Crippen MR) is 63.2 cm³/mol. The third-order valence-electron chi connectivity index (χ3n) is 2.36. The van der Waals surface area contributed by atoms with Gasteiger partial charge in [0, 0.05) is 33.4 Å². The Labute approximate surface area is 93.6 Å². The average molecular weight is 218 g/mol. The second-order valence-electron chi connectivity index (χ2n) is 3.83. The summed E-state index contributed by atoms with van der Waals surface area (Å²) in [5.41, 5.74) is 0. The highest BCUT2D eigenvalue weighted by atomic mass is 16.5. The molecule has 0 bridgehead atoms. The minimum absolute atomic E-state index is 0.319. The van der Waals surface area contributed by atoms with Gasteiger partial charge in [0.05, 0.1) is 6.61 Å². The lowest BCUT2D eigenvalue weighted by Crippen LogP contribution is -2.31. The van der Waals surface area contributed by atoms with Crippen LogP contribution in [0.4, 0.5) is 0 Å². The van der Waals surface area contributed by atoms with Crippen molar-refractivity contribution in [3.63, 3.8) is 0 Å². The van der Waals surface area contributed by atoms with Crippen LogP contribution in [0.3, 0.4) is 0 Å². The molecule has 0 aliphatic carbocycles. The topological polar surface area (TPSA) is 44.7 Å². The summed E-state index contributed by atoms with van der Waals surface area (Å²) < 4.78 is 5.00. The number of aliphatic hydroxyl groups is 1. The van der Waals surface area contributed by atoms with Crippen molar-refractivity contribution >= 4 is 0 Å². The van der Waals surface area contributed by atoms with Crippen LogP contribution in [-0.4, -0.2) is 63.6 Å². The summed E-state index contributed by atoms with van der Waals surface area (Å²) in [7, 11) is 3.83. The Bertz CT molecular complexity index is 123. The Hall–Kier alpha value is -0.160. The van der Waals surface area contributed by atoms with Gasteiger partial charge in [-0.25, -0.2) is 0 Å². The molecule has 0 heterocycles. The summed E-state index contributed by atoms with van der Waals surface area (Å²) in [6, 6.07) is 0. The van der Waals surface area contributed by atoms with Crippen molar-refractivity contribution in [1.82, 2.24) is 10.2 Å². The molecule has 0 saturated carbocycles. The normalized spacial score (nSPS) is 11.2. The predicted octanol–water partition coefficient (Wildman–Crippen LogP) is 0.317. The van der Waals surface area contributed by atoms with E-state index in [2.05, 4.69) is 17.3 Å². The number of nitrogens with one attached hydrogen (secondary N) is 1. The summed E-state index contributed by atoms with van der Waals surface area (Å²) in [5, 5.41) is 12.0. The quantitative estimate of drug-likeness (QED) is 0.490. The van der Waals surface area contributed by atoms with E-state index < -0.39 is 0 Å². The lowest BCUT2D eigenvalue weighted by Gasteiger charge is -2.16. The third-order valence-corrected chi connectivity index (χ3v) is 2.36. The van der Waals surface area contributed by atoms with E-state index in [4.69, 9.17) is 9.84 Å². The smallest absolute Gasteiger partial charge is 0.0589 e. The van der Waals surface area contributed by atoms with Gasteiger partial charge in [-0.15, -0.1) is 0 Å². The van der Waals surface area contributed by atoms with Gasteiger partial charge in [0.15, 0.2) is 0 Å². The van der Waals surface area contributed by atoms with Crippen molar-refractivity contribution in [2.75, 3.05) is 53.6 Å². The van der Waals surface area contributed by atoms with Crippen LogP contribution in [0.2, 0.25) is 0 Å². The van der Waals surface area contributed by atoms with Crippen LogP contribution in [-0.2, 0) is 4.74 Å². The van der Waals surface area contributed by atoms with Crippen LogP contribution in [0.25, 0.3) is 0 Å². The molecule has 0 atom stereocenters. The van der Waals surface area contributed by atoms with E-state index in [1.54, 1.807) is 7.11 Å². The van der Waals surface area contributed by atoms with Crippen LogP contribution >= 0.6 is 0 Å². The molecule has 4 heteroatoms. The third kappa shape index (κ3) is 11.8. The largest absolute Gasteiger partial charge is 0.396 e. The zero-order chi connectivity index (χ0) is 11.4. The van der Waals surface area contributed by atoms with Crippen molar-refractivity contribution in [2.24, 2.45) is 0 Å². The van der Waals surface area contributed by atoms with E-state index in [1.807, 2.05) is 0 Å². The van der Waals surface area contributed by atoms with Gasteiger partial charge in [0.2, 0.25) is 0 Å². The number of likely N-dealkylation sites (N-methyl/N-ethyl adjacent to an activating group) is 1. The van der Waals surface area contributed by atoms with Gasteiger partial charge in [-0.1, -0.05) is 0 Å². The zero-order valence-corrected chi connectivity index (χ0v) is 10.2. The number of methoxy groups -OCH3 is 1. The van der Waals surface area contributed by atoms with E-state index in [1.165, 1.54) is 0 Å². The van der Waals surface area contributed by atoms with Gasteiger partial charge < -0.3 is 20.1 Å². The van der Waals surface area contributed by atoms with Gasteiger partial charge >= 0.3 is 0 Å². The molecular formula is C11H26N2O2. The Kier molecular flexibility index (Phi) is 11.8. The highest BCUT2D eigenvalue weighted by Gasteiger charge is 1.96. The fourth-order valence-corrected chi connectivity index (χ4v) is 1.29. The molecule has 4 nitrogen and oxygen atoms in total. The Morgan fingerprint density at radius 3 is 2.60 bits per heavy atom. The number of hydrogen-bond donors (Lipinski definition) is 2. The highest BCUT2D eigenvalue weighted by molar-refractivity contribution is 4.54. The summed E-state index contributed by atoms with van der Waals surface area (Å²) in [6.45, 7) is 5.25. The molecule has 0 unspecified atom stereocenters. The van der Waals surface area contributed by atoms with Crippen molar-refractivity contribution in [2.45, 2.75) is 19.3 Å². The average Bonchev–Trinajstić information content (AvgIpc) is 2.25. The Morgan fingerprint density at radius 2 is 1.93 bits per heavy atom. The number of aliphatic hydroxyl groups excluding tert-OH is 1. The molecule has 0 spiro atoms. The minimum atomic E-state index is 0.319. The summed E-state index contributed by atoms with van der Waals surface area (Å²) >= 11 is 0. The maximum atomic E-state index is 8.59. The molecule has 0 aromatic heterocycles. The first-order valence-electron chi connectivity index (χ1n) is 5.80. The first kappa shape index (κ1) is 14.8. The van der Waals surface area contributed by atoms with E-state index in [-0.39, 0.29) is 0 Å². The second kappa shape index (κ2) is 11.9. The van der Waals surface area contributed by atoms with Crippen molar-refractivity contribution in [3.05, 3.63) is 0 Å². The number of ether oxygens (including phenoxy) is 1. The molecule has 2 N–H and O–H groups in total. The summed E-state index contributed by atoms with van der Waals surface area (Å²) in [5.74, 6) is 0. The number of hydrogen-bond acceptors (Lipinski definition) is 4. The van der Waals surface area contributed by atoms with Crippen LogP contribution in [0.5, 0.6) is 0 Å². The highest BCUT2D eigenvalue weighted by Crippen LogP contribution is 1.91. The van der Waals surface area contributed by atoms with Gasteiger partial charge in [-0.2, -0.15) is 0 Å². The van der Waals surface area contributed by atoms with E-state index in [0.29, 0.717) is 6.61 Å². The molecule has 0 aliphatic rings. The fourth-order valence-electron chi connectivity index (χ4n) is 1.29. The molecule has 15 heavy (non-hydrogen) atoms. The van der Waals surface area contributed by atoms with Gasteiger partial charge in [0.1, 0.15) is 0 Å². The van der Waals surface area contributed by atoms with E-state index >= 15 is 0 Å². The molecule has 92 valence electrons. The maximum absolute atomic E-state index is 8.59. The van der Waals surface area contributed by atoms with Gasteiger partial charge in [0.25, 0.3) is 0 Å². The van der Waals surface area contributed by atoms with Gasteiger partial charge in [-0.3, -0.25) is 0 Å². The molecule has 0 fully saturated rings. The lowest BCUT2D eigenvalue weighted by molar-refractivity contribution is 0.161. The molecule has 0 saturated heterocycles. The molecule has 0 radical (unpaired) electrons.